The Bertz CT molecular complexity index is 1160. The quantitative estimate of drug-likeness (QED) is 0.498. The van der Waals surface area contributed by atoms with Crippen molar-refractivity contribution < 1.29 is 5.11 Å². The molecule has 0 saturated carbocycles. The number of likely N-dealkylation sites (tertiary alicyclic amines) is 1. The fraction of sp³-hybridized carbons (Fsp3) is 0.273. The number of nitrogens with two attached hydrogens (primary N) is 1. The first kappa shape index (κ1) is 18.1. The Morgan fingerprint density at radius 1 is 1.14 bits per heavy atom. The van der Waals surface area contributed by atoms with Crippen molar-refractivity contribution in [2.45, 2.75) is 25.1 Å². The molecule has 3 heterocycles. The zero-order valence-corrected chi connectivity index (χ0v) is 16.1. The number of benzene rings is 2. The summed E-state index contributed by atoms with van der Waals surface area (Å²) in [5.41, 5.74) is 9.00. The maximum atomic E-state index is 10.1. The van der Waals surface area contributed by atoms with Crippen molar-refractivity contribution >= 4 is 27.8 Å². The molecule has 0 bridgehead atoms. The number of hydrogen-bond donors (Lipinski definition) is 3. The zero-order chi connectivity index (χ0) is 19.8. The third-order valence-electron chi connectivity index (χ3n) is 5.66. The van der Waals surface area contributed by atoms with Crippen LogP contribution in [0.4, 0.5) is 11.5 Å². The van der Waals surface area contributed by atoms with Gasteiger partial charge in [-0.3, -0.25) is 4.90 Å². The fourth-order valence-electron chi connectivity index (χ4n) is 4.04. The van der Waals surface area contributed by atoms with Gasteiger partial charge in [-0.1, -0.05) is 30.3 Å². The Balaban J connectivity index is 1.45. The average Bonchev–Trinajstić information content (AvgIpc) is 3.14. The summed E-state index contributed by atoms with van der Waals surface area (Å²) < 4.78 is 1.85. The molecule has 0 spiro atoms. The molecule has 2 aromatic heterocycles. The van der Waals surface area contributed by atoms with Crippen LogP contribution in [-0.4, -0.2) is 49.8 Å². The van der Waals surface area contributed by atoms with Gasteiger partial charge in [-0.15, -0.1) is 0 Å². The molecule has 0 aliphatic carbocycles. The second-order valence-electron chi connectivity index (χ2n) is 7.68. The number of anilines is 2. The van der Waals surface area contributed by atoms with Crippen molar-refractivity contribution in [2.75, 3.05) is 18.4 Å². The standard InChI is InChI=1S/C22H24N6O/c23-19-8-9-27(13-20(19)29)12-17-7-10-28-21(17)22(24-14-25-28)26-18-6-5-15-3-1-2-4-16(15)11-18/h1-7,10-11,14,19-20,29H,8-9,12-13,23H2,(H,24,25,26)/t19-,20-/m1/s1. The van der Waals surface area contributed by atoms with Crippen LogP contribution >= 0.6 is 0 Å². The van der Waals surface area contributed by atoms with Gasteiger partial charge in [0.25, 0.3) is 0 Å². The largest absolute Gasteiger partial charge is 0.390 e. The van der Waals surface area contributed by atoms with Gasteiger partial charge in [-0.25, -0.2) is 9.50 Å². The van der Waals surface area contributed by atoms with E-state index in [-0.39, 0.29) is 6.04 Å². The van der Waals surface area contributed by atoms with E-state index in [2.05, 4.69) is 56.7 Å². The van der Waals surface area contributed by atoms with E-state index >= 15 is 0 Å². The van der Waals surface area contributed by atoms with E-state index in [0.717, 1.165) is 42.1 Å². The summed E-state index contributed by atoms with van der Waals surface area (Å²) in [5.74, 6) is 0.768. The van der Waals surface area contributed by atoms with E-state index in [1.54, 1.807) is 6.33 Å². The van der Waals surface area contributed by atoms with Gasteiger partial charge >= 0.3 is 0 Å². The SMILES string of the molecule is N[C@@H]1CCN(Cc2ccn3ncnc(Nc4ccc5ccccc5c4)c23)C[C@H]1O. The van der Waals surface area contributed by atoms with Crippen molar-refractivity contribution in [1.82, 2.24) is 19.5 Å². The molecule has 1 aliphatic rings. The lowest BCUT2D eigenvalue weighted by molar-refractivity contribution is 0.0501. The van der Waals surface area contributed by atoms with Crippen molar-refractivity contribution in [2.24, 2.45) is 5.73 Å². The van der Waals surface area contributed by atoms with E-state index in [1.165, 1.54) is 10.8 Å². The molecule has 4 N–H and O–H groups in total. The first-order chi connectivity index (χ1) is 14.2. The highest BCUT2D eigenvalue weighted by Gasteiger charge is 2.25. The minimum atomic E-state index is -0.482. The Hall–Kier alpha value is -3.00. The highest BCUT2D eigenvalue weighted by Crippen LogP contribution is 2.26. The molecule has 1 aliphatic heterocycles. The average molecular weight is 388 g/mol. The molecule has 0 unspecified atom stereocenters. The monoisotopic (exact) mass is 388 g/mol. The molecule has 4 aromatic rings. The molecule has 5 rings (SSSR count). The molecule has 7 heteroatoms. The van der Waals surface area contributed by atoms with E-state index < -0.39 is 6.10 Å². The summed E-state index contributed by atoms with van der Waals surface area (Å²) in [6.07, 6.45) is 3.82. The van der Waals surface area contributed by atoms with Crippen LogP contribution in [0.25, 0.3) is 16.3 Å². The number of aliphatic hydroxyl groups is 1. The van der Waals surface area contributed by atoms with Gasteiger partial charge in [0.15, 0.2) is 5.82 Å². The molecular weight excluding hydrogens is 364 g/mol. The van der Waals surface area contributed by atoms with Gasteiger partial charge in [-0.2, -0.15) is 5.10 Å². The fourth-order valence-corrected chi connectivity index (χ4v) is 4.04. The summed E-state index contributed by atoms with van der Waals surface area (Å²) in [6.45, 7) is 2.18. The van der Waals surface area contributed by atoms with Crippen LogP contribution in [-0.2, 0) is 6.54 Å². The number of fused-ring (bicyclic) bond motifs is 2. The highest BCUT2D eigenvalue weighted by atomic mass is 16.3. The number of aromatic nitrogens is 3. The zero-order valence-electron chi connectivity index (χ0n) is 16.1. The number of piperidine rings is 1. The highest BCUT2D eigenvalue weighted by molar-refractivity contribution is 5.87. The molecule has 29 heavy (non-hydrogen) atoms. The van der Waals surface area contributed by atoms with Crippen LogP contribution in [0, 0.1) is 0 Å². The Morgan fingerprint density at radius 2 is 2.00 bits per heavy atom. The summed E-state index contributed by atoms with van der Waals surface area (Å²) in [7, 11) is 0. The molecule has 1 saturated heterocycles. The minimum Gasteiger partial charge on any atom is -0.390 e. The van der Waals surface area contributed by atoms with E-state index in [4.69, 9.17) is 5.73 Å². The summed E-state index contributed by atoms with van der Waals surface area (Å²) in [5, 5.41) is 20.3. The molecule has 0 amide bonds. The summed E-state index contributed by atoms with van der Waals surface area (Å²) >= 11 is 0. The second-order valence-corrected chi connectivity index (χ2v) is 7.68. The summed E-state index contributed by atoms with van der Waals surface area (Å²) in [4.78, 5) is 6.74. The molecule has 1 fully saturated rings. The minimum absolute atomic E-state index is 0.134. The smallest absolute Gasteiger partial charge is 0.158 e. The van der Waals surface area contributed by atoms with Crippen molar-refractivity contribution in [3.63, 3.8) is 0 Å². The van der Waals surface area contributed by atoms with Gasteiger partial charge in [0, 0.05) is 37.6 Å². The van der Waals surface area contributed by atoms with Crippen LogP contribution in [0.15, 0.2) is 61.1 Å². The van der Waals surface area contributed by atoms with Crippen LogP contribution in [0.2, 0.25) is 0 Å². The molecule has 7 nitrogen and oxygen atoms in total. The number of hydrogen-bond acceptors (Lipinski definition) is 6. The van der Waals surface area contributed by atoms with Crippen molar-refractivity contribution in [3.05, 3.63) is 66.6 Å². The number of nitrogens with one attached hydrogen (secondary N) is 1. The van der Waals surface area contributed by atoms with Gasteiger partial charge in [0.2, 0.25) is 0 Å². The predicted octanol–water partition coefficient (Wildman–Crippen LogP) is 2.52. The van der Waals surface area contributed by atoms with E-state index in [9.17, 15) is 5.11 Å². The number of rotatable bonds is 4. The first-order valence-corrected chi connectivity index (χ1v) is 9.90. The Labute approximate surface area is 168 Å². The Kier molecular flexibility index (Phi) is 4.63. The molecule has 0 radical (unpaired) electrons. The lowest BCUT2D eigenvalue weighted by Gasteiger charge is -2.33. The second kappa shape index (κ2) is 7.44. The van der Waals surface area contributed by atoms with E-state index in [0.29, 0.717) is 6.54 Å². The van der Waals surface area contributed by atoms with Crippen molar-refractivity contribution in [1.29, 1.82) is 0 Å². The van der Waals surface area contributed by atoms with Crippen LogP contribution in [0.1, 0.15) is 12.0 Å². The topological polar surface area (TPSA) is 91.7 Å². The Morgan fingerprint density at radius 3 is 2.86 bits per heavy atom. The van der Waals surface area contributed by atoms with Gasteiger partial charge < -0.3 is 16.2 Å². The van der Waals surface area contributed by atoms with Crippen LogP contribution < -0.4 is 11.1 Å². The third-order valence-corrected chi connectivity index (χ3v) is 5.66. The third kappa shape index (κ3) is 3.55. The number of nitrogens with zero attached hydrogens (tertiary/aromatic N) is 4. The maximum Gasteiger partial charge on any atom is 0.158 e. The van der Waals surface area contributed by atoms with Crippen molar-refractivity contribution in [3.8, 4) is 0 Å². The van der Waals surface area contributed by atoms with Gasteiger partial charge in [0.1, 0.15) is 11.8 Å². The normalized spacial score (nSPS) is 20.3. The predicted molar refractivity (Wildman–Crippen MR) is 114 cm³/mol. The van der Waals surface area contributed by atoms with Crippen LogP contribution in [0.5, 0.6) is 0 Å². The van der Waals surface area contributed by atoms with Gasteiger partial charge in [-0.05, 0) is 41.0 Å². The molecule has 148 valence electrons. The first-order valence-electron chi connectivity index (χ1n) is 9.90. The molecule has 2 atom stereocenters. The maximum absolute atomic E-state index is 10.1. The number of β-amino-alcohol motifs (C(OH)–C–C–N with tert-alkyl or cyclic N) is 1. The van der Waals surface area contributed by atoms with Crippen LogP contribution in [0.3, 0.4) is 0 Å². The van der Waals surface area contributed by atoms with Gasteiger partial charge in [0.05, 0.1) is 6.10 Å². The lowest BCUT2D eigenvalue weighted by atomic mass is 10.0. The molecular formula is C22H24N6O. The molecule has 2 aromatic carbocycles. The summed E-state index contributed by atoms with van der Waals surface area (Å²) in [6, 6.07) is 16.5. The number of aliphatic hydroxyl groups excluding tert-OH is 1. The van der Waals surface area contributed by atoms with E-state index in [1.807, 2.05) is 22.8 Å². The lowest BCUT2D eigenvalue weighted by Crippen LogP contribution is -2.50.